The zero-order chi connectivity index (χ0) is 7.68. The van der Waals surface area contributed by atoms with E-state index in [1.165, 1.54) is 6.42 Å². The van der Waals surface area contributed by atoms with E-state index in [9.17, 15) is 0 Å². The number of fused-ring (bicyclic) bond motifs is 1. The van der Waals surface area contributed by atoms with Crippen molar-refractivity contribution in [3.05, 3.63) is 23.3 Å². The molecule has 0 bridgehead atoms. The summed E-state index contributed by atoms with van der Waals surface area (Å²) in [6.07, 6.45) is 7.56. The summed E-state index contributed by atoms with van der Waals surface area (Å²) < 4.78 is 0. The van der Waals surface area contributed by atoms with Crippen LogP contribution in [0.1, 0.15) is 6.42 Å². The van der Waals surface area contributed by atoms with Gasteiger partial charge in [0.25, 0.3) is 0 Å². The van der Waals surface area contributed by atoms with Gasteiger partial charge in [0.15, 0.2) is 0 Å². The van der Waals surface area contributed by atoms with E-state index in [1.807, 2.05) is 6.08 Å². The Balaban J connectivity index is 2.13. The molecule has 2 aliphatic rings. The first-order valence-corrected chi connectivity index (χ1v) is 4.43. The fourth-order valence-corrected chi connectivity index (χ4v) is 1.96. The Morgan fingerprint density at radius 3 is 3.27 bits per heavy atom. The number of hydrogen-bond donors (Lipinski definition) is 0. The second-order valence-corrected chi connectivity index (χ2v) is 3.59. The Bertz CT molecular complexity index is 208. The van der Waals surface area contributed by atoms with Crippen molar-refractivity contribution < 1.29 is 0 Å². The highest BCUT2D eigenvalue weighted by atomic mass is 35.5. The summed E-state index contributed by atoms with van der Waals surface area (Å²) in [4.78, 5) is 0. The van der Waals surface area contributed by atoms with Crippen LogP contribution in [0.5, 0.6) is 0 Å². The van der Waals surface area contributed by atoms with Crippen molar-refractivity contribution in [2.75, 3.05) is 13.1 Å². The summed E-state index contributed by atoms with van der Waals surface area (Å²) >= 11 is 5.87. The highest BCUT2D eigenvalue weighted by Gasteiger charge is 2.23. The maximum Gasteiger partial charge on any atom is 0.0366 e. The van der Waals surface area contributed by atoms with E-state index in [-0.39, 0.29) is 0 Å². The van der Waals surface area contributed by atoms with Gasteiger partial charge in [0.1, 0.15) is 0 Å². The Morgan fingerprint density at radius 1 is 1.45 bits per heavy atom. The van der Waals surface area contributed by atoms with Gasteiger partial charge in [-0.25, -0.2) is 5.32 Å². The molecule has 2 unspecified atom stereocenters. The van der Waals surface area contributed by atoms with Crippen molar-refractivity contribution in [1.29, 1.82) is 0 Å². The van der Waals surface area contributed by atoms with Crippen molar-refractivity contribution in [2.45, 2.75) is 6.42 Å². The quantitative estimate of drug-likeness (QED) is 0.525. The lowest BCUT2D eigenvalue weighted by Crippen LogP contribution is -2.31. The number of hydrogen-bond acceptors (Lipinski definition) is 0. The first-order chi connectivity index (χ1) is 5.36. The molecule has 0 amide bonds. The van der Waals surface area contributed by atoms with Crippen LogP contribution >= 0.6 is 11.6 Å². The summed E-state index contributed by atoms with van der Waals surface area (Å²) in [6.45, 7) is 1.99. The van der Waals surface area contributed by atoms with Crippen LogP contribution in [0.3, 0.4) is 0 Å². The molecule has 2 heteroatoms. The molecule has 0 aromatic heterocycles. The second-order valence-electron chi connectivity index (χ2n) is 3.16. The molecule has 1 heterocycles. The molecule has 2 rings (SSSR count). The number of piperidine rings is 1. The molecule has 2 atom stereocenters. The molecule has 1 aliphatic heterocycles. The van der Waals surface area contributed by atoms with E-state index in [0.29, 0.717) is 11.8 Å². The molecule has 11 heavy (non-hydrogen) atoms. The van der Waals surface area contributed by atoms with Gasteiger partial charge >= 0.3 is 0 Å². The minimum absolute atomic E-state index is 0.584. The number of rotatable bonds is 0. The van der Waals surface area contributed by atoms with Crippen molar-refractivity contribution in [2.24, 2.45) is 11.8 Å². The highest BCUT2D eigenvalue weighted by molar-refractivity contribution is 6.31. The molecule has 0 aromatic carbocycles. The number of allylic oxidation sites excluding steroid dienone is 3. The van der Waals surface area contributed by atoms with Gasteiger partial charge in [-0.2, -0.15) is 0 Å². The first kappa shape index (κ1) is 7.38. The average molecular weight is 169 g/mol. The molecule has 1 fully saturated rings. The molecular formula is C9H11ClN. The Morgan fingerprint density at radius 2 is 2.36 bits per heavy atom. The third-order valence-electron chi connectivity index (χ3n) is 2.39. The van der Waals surface area contributed by atoms with Gasteiger partial charge in [-0.1, -0.05) is 23.8 Å². The smallest absolute Gasteiger partial charge is 0.0366 e. The van der Waals surface area contributed by atoms with Crippen LogP contribution in [0.25, 0.3) is 0 Å². The third-order valence-corrected chi connectivity index (χ3v) is 2.64. The van der Waals surface area contributed by atoms with E-state index >= 15 is 0 Å². The van der Waals surface area contributed by atoms with E-state index in [1.54, 1.807) is 0 Å². The molecule has 0 N–H and O–H groups in total. The molecule has 1 saturated heterocycles. The summed E-state index contributed by atoms with van der Waals surface area (Å²) in [6, 6.07) is 0. The van der Waals surface area contributed by atoms with Crippen LogP contribution < -0.4 is 5.32 Å². The summed E-state index contributed by atoms with van der Waals surface area (Å²) in [5.41, 5.74) is 0. The lowest BCUT2D eigenvalue weighted by Gasteiger charge is -2.28. The van der Waals surface area contributed by atoms with Gasteiger partial charge < -0.3 is 0 Å². The molecule has 59 valence electrons. The summed E-state index contributed by atoms with van der Waals surface area (Å²) in [5, 5.41) is 5.24. The van der Waals surface area contributed by atoms with Gasteiger partial charge in [-0.3, -0.25) is 0 Å². The standard InChI is InChI=1S/C9H11ClN/c10-9-2-1-7-3-4-11-6-8(7)5-9/h1-2,5,7-8H,3-4,6H2. The average Bonchev–Trinajstić information content (AvgIpc) is 2.04. The van der Waals surface area contributed by atoms with Gasteiger partial charge in [0.2, 0.25) is 0 Å². The largest absolute Gasteiger partial charge is 0.241 e. The normalized spacial score (nSPS) is 36.3. The Hall–Kier alpha value is -0.270. The summed E-state index contributed by atoms with van der Waals surface area (Å²) in [7, 11) is 0. The first-order valence-electron chi connectivity index (χ1n) is 4.05. The maximum atomic E-state index is 5.87. The number of nitrogens with zero attached hydrogens (tertiary/aromatic N) is 1. The Labute approximate surface area is 72.1 Å². The van der Waals surface area contributed by atoms with Crippen molar-refractivity contribution >= 4 is 11.6 Å². The topological polar surface area (TPSA) is 14.1 Å². The molecule has 0 spiro atoms. The lowest BCUT2D eigenvalue weighted by atomic mass is 9.83. The fraction of sp³-hybridized carbons (Fsp3) is 0.556. The predicted molar refractivity (Wildman–Crippen MR) is 46.5 cm³/mol. The molecule has 1 radical (unpaired) electrons. The van der Waals surface area contributed by atoms with Gasteiger partial charge in [-0.05, 0) is 24.3 Å². The minimum Gasteiger partial charge on any atom is -0.241 e. The zero-order valence-corrected chi connectivity index (χ0v) is 7.09. The van der Waals surface area contributed by atoms with E-state index < -0.39 is 0 Å². The molecule has 0 aromatic rings. The highest BCUT2D eigenvalue weighted by Crippen LogP contribution is 2.28. The van der Waals surface area contributed by atoms with Crippen LogP contribution in [0.15, 0.2) is 23.3 Å². The molecular weight excluding hydrogens is 158 g/mol. The number of halogens is 1. The van der Waals surface area contributed by atoms with Crippen LogP contribution in [0.4, 0.5) is 0 Å². The van der Waals surface area contributed by atoms with Crippen LogP contribution in [-0.2, 0) is 0 Å². The van der Waals surface area contributed by atoms with Crippen molar-refractivity contribution in [3.63, 3.8) is 0 Å². The minimum atomic E-state index is 0.584. The molecule has 0 saturated carbocycles. The molecule has 1 aliphatic carbocycles. The van der Waals surface area contributed by atoms with Gasteiger partial charge in [-0.15, -0.1) is 0 Å². The van der Waals surface area contributed by atoms with Crippen molar-refractivity contribution in [3.8, 4) is 0 Å². The van der Waals surface area contributed by atoms with E-state index in [2.05, 4.69) is 17.5 Å². The predicted octanol–water partition coefficient (Wildman–Crippen LogP) is 1.92. The SMILES string of the molecule is ClC1=CC2C[N]CCC2C=C1. The second kappa shape index (κ2) is 3.00. The van der Waals surface area contributed by atoms with Gasteiger partial charge in [0.05, 0.1) is 0 Å². The lowest BCUT2D eigenvalue weighted by molar-refractivity contribution is 0.348. The third kappa shape index (κ3) is 1.49. The Kier molecular flexibility index (Phi) is 2.01. The maximum absolute atomic E-state index is 5.87. The van der Waals surface area contributed by atoms with Crippen LogP contribution in [0, 0.1) is 11.8 Å². The van der Waals surface area contributed by atoms with Crippen molar-refractivity contribution in [1.82, 2.24) is 5.32 Å². The molecule has 1 nitrogen and oxygen atoms in total. The fourth-order valence-electron chi connectivity index (χ4n) is 1.72. The summed E-state index contributed by atoms with van der Waals surface area (Å²) in [5.74, 6) is 1.29. The van der Waals surface area contributed by atoms with Gasteiger partial charge in [0, 0.05) is 18.1 Å². The zero-order valence-electron chi connectivity index (χ0n) is 6.33. The van der Waals surface area contributed by atoms with Crippen LogP contribution in [-0.4, -0.2) is 13.1 Å². The van der Waals surface area contributed by atoms with E-state index in [0.717, 1.165) is 18.1 Å². The van der Waals surface area contributed by atoms with E-state index in [4.69, 9.17) is 11.6 Å². The monoisotopic (exact) mass is 168 g/mol. The van der Waals surface area contributed by atoms with Crippen LogP contribution in [0.2, 0.25) is 0 Å².